The van der Waals surface area contributed by atoms with Crippen molar-refractivity contribution in [3.05, 3.63) is 12.8 Å². The molecule has 1 aliphatic rings. The molecule has 0 atom stereocenters. The Kier molecular flexibility index (Phi) is 4.98. The minimum Gasteiger partial charge on any atom is -0.320 e. The molecule has 1 saturated heterocycles. The Balaban J connectivity index is 0.000000371. The van der Waals surface area contributed by atoms with Gasteiger partial charge in [0.2, 0.25) is 5.91 Å². The van der Waals surface area contributed by atoms with Crippen LogP contribution in [0, 0.1) is 0 Å². The highest BCUT2D eigenvalue weighted by molar-refractivity contribution is 6.04. The summed E-state index contributed by atoms with van der Waals surface area (Å²) < 4.78 is 6.47. The van der Waals surface area contributed by atoms with Crippen LogP contribution in [0.1, 0.15) is 12.8 Å². The lowest BCUT2D eigenvalue weighted by Crippen LogP contribution is -2.16. The molecule has 1 fully saturated rings. The minimum atomic E-state index is 0.208. The molecule has 0 bridgehead atoms. The maximum absolute atomic E-state index is 10.7. The predicted octanol–water partition coefficient (Wildman–Crippen LogP) is 0.885. The molecule has 0 aromatic carbocycles. The third-order valence-corrected chi connectivity index (χ3v) is 1.33. The number of amides is 1. The Labute approximate surface area is 65.1 Å². The van der Waals surface area contributed by atoms with Crippen molar-refractivity contribution in [2.24, 2.45) is 0 Å². The van der Waals surface area contributed by atoms with E-state index in [9.17, 15) is 4.79 Å². The average molecular weight is 164 g/mol. The highest BCUT2D eigenvalue weighted by Gasteiger charge is 2.15. The first kappa shape index (κ1) is 9.46. The second kappa shape index (κ2) is 5.26. The van der Waals surface area contributed by atoms with Crippen molar-refractivity contribution in [1.29, 1.82) is 0 Å². The van der Waals surface area contributed by atoms with Crippen LogP contribution in [0.4, 0.5) is 0 Å². The second-order valence-corrected chi connectivity index (χ2v) is 1.87. The second-order valence-electron chi connectivity index (χ2n) is 1.87. The van der Waals surface area contributed by atoms with E-state index in [4.69, 9.17) is 4.66 Å². The van der Waals surface area contributed by atoms with Crippen molar-refractivity contribution in [2.45, 2.75) is 12.8 Å². The molecule has 0 aliphatic carbocycles. The molecule has 58 valence electrons. The predicted molar refractivity (Wildman–Crippen MR) is 39.2 cm³/mol. The van der Waals surface area contributed by atoms with Crippen LogP contribution in [0.25, 0.3) is 0 Å². The first-order valence-corrected chi connectivity index (χ1v) is 3.27. The third kappa shape index (κ3) is 2.37. The van der Waals surface area contributed by atoms with Crippen molar-refractivity contribution in [2.75, 3.05) is 6.54 Å². The van der Waals surface area contributed by atoms with E-state index >= 15 is 0 Å². The number of nitrogens with zero attached hydrogens (tertiary/aromatic N) is 1. The van der Waals surface area contributed by atoms with Gasteiger partial charge in [0, 0.05) is 13.0 Å². The lowest BCUT2D eigenvalue weighted by molar-refractivity contribution is -0.125. The van der Waals surface area contributed by atoms with Crippen molar-refractivity contribution >= 4 is 17.8 Å². The molecule has 0 saturated carbocycles. The quantitative estimate of drug-likeness (QED) is 0.624. The van der Waals surface area contributed by atoms with Gasteiger partial charge in [-0.2, -0.15) is 0 Å². The van der Waals surface area contributed by atoms with E-state index in [-0.39, 0.29) is 5.91 Å². The summed E-state index contributed by atoms with van der Waals surface area (Å²) in [5.74, 6) is 0.208. The first-order chi connectivity index (χ1) is 4.84. The Hall–Kier alpha value is -0.540. The van der Waals surface area contributed by atoms with E-state index in [1.165, 1.54) is 0 Å². The van der Waals surface area contributed by atoms with Crippen LogP contribution in [0.3, 0.4) is 0 Å². The number of likely N-dealkylation sites (tertiary alicyclic amines) is 1. The molecular weight excluding hydrogens is 154 g/mol. The normalized spacial score (nSPS) is 16.2. The zero-order chi connectivity index (χ0) is 7.98. The van der Waals surface area contributed by atoms with Gasteiger partial charge in [0.25, 0.3) is 0 Å². The van der Waals surface area contributed by atoms with Crippen molar-refractivity contribution < 1.29 is 9.45 Å². The maximum atomic E-state index is 10.7. The standard InChI is InChI=1S/C6H9NO.ClHO/c1-2-7-5-3-4-6(7)8;1-2/h2H,1,3-5H2;2H. The van der Waals surface area contributed by atoms with E-state index < -0.39 is 0 Å². The van der Waals surface area contributed by atoms with Crippen LogP contribution >= 0.6 is 11.9 Å². The van der Waals surface area contributed by atoms with Crippen LogP contribution < -0.4 is 0 Å². The molecule has 0 unspecified atom stereocenters. The summed E-state index contributed by atoms with van der Waals surface area (Å²) in [5.41, 5.74) is 0. The van der Waals surface area contributed by atoms with E-state index in [1.54, 1.807) is 11.1 Å². The minimum absolute atomic E-state index is 0.208. The van der Waals surface area contributed by atoms with Gasteiger partial charge in [-0.05, 0) is 12.6 Å². The molecule has 10 heavy (non-hydrogen) atoms. The first-order valence-electron chi connectivity index (χ1n) is 2.93. The number of halogens is 1. The summed E-state index contributed by atoms with van der Waals surface area (Å²) in [4.78, 5) is 12.3. The smallest absolute Gasteiger partial charge is 0.226 e. The molecule has 4 heteroatoms. The van der Waals surface area contributed by atoms with Crippen LogP contribution in [-0.2, 0) is 4.79 Å². The Morgan fingerprint density at radius 1 is 1.70 bits per heavy atom. The molecule has 0 aromatic rings. The number of rotatable bonds is 1. The summed E-state index contributed by atoms with van der Waals surface area (Å²) in [7, 11) is 0. The molecule has 0 radical (unpaired) electrons. The fourth-order valence-corrected chi connectivity index (χ4v) is 0.862. The molecular formula is C6H10ClNO2. The largest absolute Gasteiger partial charge is 0.320 e. The van der Waals surface area contributed by atoms with Gasteiger partial charge in [0.05, 0.1) is 11.9 Å². The zero-order valence-corrected chi connectivity index (χ0v) is 6.34. The summed E-state index contributed by atoms with van der Waals surface area (Å²) in [6.07, 6.45) is 3.28. The van der Waals surface area contributed by atoms with Gasteiger partial charge in [-0.3, -0.25) is 9.45 Å². The molecule has 0 aromatic heterocycles. The molecule has 1 aliphatic heterocycles. The van der Waals surface area contributed by atoms with E-state index in [0.29, 0.717) is 6.42 Å². The van der Waals surface area contributed by atoms with Crippen molar-refractivity contribution in [3.8, 4) is 0 Å². The van der Waals surface area contributed by atoms with Crippen molar-refractivity contribution in [3.63, 3.8) is 0 Å². The van der Waals surface area contributed by atoms with Gasteiger partial charge in [-0.1, -0.05) is 6.58 Å². The van der Waals surface area contributed by atoms with Gasteiger partial charge in [-0.25, -0.2) is 0 Å². The lowest BCUT2D eigenvalue weighted by Gasteiger charge is -2.05. The number of carbonyl (C=O) groups is 1. The molecule has 1 rings (SSSR count). The van der Waals surface area contributed by atoms with Crippen LogP contribution in [0.15, 0.2) is 12.8 Å². The van der Waals surface area contributed by atoms with Gasteiger partial charge in [0.1, 0.15) is 0 Å². The van der Waals surface area contributed by atoms with Gasteiger partial charge < -0.3 is 4.90 Å². The number of hydrogen-bond acceptors (Lipinski definition) is 2. The molecule has 1 N–H and O–H groups in total. The number of carbonyl (C=O) groups excluding carboxylic acids is 1. The average Bonchev–Trinajstić information content (AvgIpc) is 2.39. The summed E-state index contributed by atoms with van der Waals surface area (Å²) in [6.45, 7) is 4.36. The highest BCUT2D eigenvalue weighted by Crippen LogP contribution is 2.08. The van der Waals surface area contributed by atoms with E-state index in [1.807, 2.05) is 0 Å². The fourth-order valence-electron chi connectivity index (χ4n) is 0.862. The lowest BCUT2D eigenvalue weighted by atomic mass is 10.4. The fraction of sp³-hybridized carbons (Fsp3) is 0.500. The summed E-state index contributed by atoms with van der Waals surface area (Å²) in [6, 6.07) is 0. The van der Waals surface area contributed by atoms with E-state index in [0.717, 1.165) is 13.0 Å². The van der Waals surface area contributed by atoms with Crippen LogP contribution in [-0.4, -0.2) is 22.0 Å². The van der Waals surface area contributed by atoms with Crippen LogP contribution in [0.5, 0.6) is 0 Å². The topological polar surface area (TPSA) is 40.5 Å². The van der Waals surface area contributed by atoms with Crippen LogP contribution in [0.2, 0.25) is 0 Å². The maximum Gasteiger partial charge on any atom is 0.226 e. The molecule has 1 heterocycles. The van der Waals surface area contributed by atoms with Gasteiger partial charge >= 0.3 is 0 Å². The molecule has 3 nitrogen and oxygen atoms in total. The Morgan fingerprint density at radius 2 is 2.30 bits per heavy atom. The monoisotopic (exact) mass is 163 g/mol. The summed E-state index contributed by atoms with van der Waals surface area (Å²) >= 11 is 3.64. The molecule has 0 spiro atoms. The molecule has 1 amide bonds. The zero-order valence-electron chi connectivity index (χ0n) is 5.59. The number of hydrogen-bond donors (Lipinski definition) is 1. The van der Waals surface area contributed by atoms with E-state index in [2.05, 4.69) is 18.4 Å². The van der Waals surface area contributed by atoms with Crippen molar-refractivity contribution in [1.82, 2.24) is 4.90 Å². The third-order valence-electron chi connectivity index (χ3n) is 1.33. The van der Waals surface area contributed by atoms with Gasteiger partial charge in [-0.15, -0.1) is 0 Å². The Morgan fingerprint density at radius 3 is 2.50 bits per heavy atom. The highest BCUT2D eigenvalue weighted by atomic mass is 35.5. The van der Waals surface area contributed by atoms with Gasteiger partial charge in [0.15, 0.2) is 0 Å². The SMILES string of the molecule is C=CN1CCCC1=O.OCl. The Bertz CT molecular complexity index is 127. The summed E-state index contributed by atoms with van der Waals surface area (Å²) in [5, 5.41) is 0.